The molecule has 2 bridgehead atoms. The highest BCUT2D eigenvalue weighted by molar-refractivity contribution is 5.97. The molecule has 0 aromatic heterocycles. The van der Waals surface area contributed by atoms with Crippen molar-refractivity contribution in [2.24, 2.45) is 23.7 Å². The summed E-state index contributed by atoms with van der Waals surface area (Å²) in [7, 11) is 0. The number of fused-ring (bicyclic) bond motifs is 2. The predicted molar refractivity (Wildman–Crippen MR) is 74.8 cm³/mol. The standard InChI is InChI=1S/C16H24N2O2/c1-9-16(20)18(14(11-4-5-11)15(19)17-9)8-13-7-10-2-3-12(13)6-10/h9-14H,2-8H2,1H3,(H,17,19). The lowest BCUT2D eigenvalue weighted by Gasteiger charge is -2.40. The summed E-state index contributed by atoms with van der Waals surface area (Å²) in [6.07, 6.45) is 7.58. The lowest BCUT2D eigenvalue weighted by atomic mass is 9.87. The van der Waals surface area contributed by atoms with Crippen molar-refractivity contribution in [1.29, 1.82) is 0 Å². The third kappa shape index (κ3) is 1.95. The molecular formula is C16H24N2O2. The fourth-order valence-electron chi connectivity index (χ4n) is 4.82. The van der Waals surface area contributed by atoms with E-state index in [-0.39, 0.29) is 23.9 Å². The average Bonchev–Trinajstić information content (AvgIpc) is 3.02. The van der Waals surface area contributed by atoms with E-state index in [0.29, 0.717) is 11.8 Å². The van der Waals surface area contributed by atoms with Gasteiger partial charge in [-0.15, -0.1) is 0 Å². The van der Waals surface area contributed by atoms with Crippen LogP contribution in [0.25, 0.3) is 0 Å². The first kappa shape index (κ1) is 12.7. The predicted octanol–water partition coefficient (Wildman–Crippen LogP) is 1.55. The Balaban J connectivity index is 1.53. The van der Waals surface area contributed by atoms with Crippen molar-refractivity contribution in [1.82, 2.24) is 10.2 Å². The van der Waals surface area contributed by atoms with E-state index in [9.17, 15) is 9.59 Å². The lowest BCUT2D eigenvalue weighted by Crippen LogP contribution is -2.64. The third-order valence-electron chi connectivity index (χ3n) is 6.00. The van der Waals surface area contributed by atoms with Gasteiger partial charge in [0.25, 0.3) is 0 Å². The number of rotatable bonds is 3. The molecule has 5 unspecified atom stereocenters. The van der Waals surface area contributed by atoms with Crippen molar-refractivity contribution < 1.29 is 9.59 Å². The number of carbonyl (C=O) groups is 2. The van der Waals surface area contributed by atoms with Gasteiger partial charge >= 0.3 is 0 Å². The number of amides is 2. The minimum absolute atomic E-state index is 0.0859. The second-order valence-corrected chi connectivity index (χ2v) is 7.44. The van der Waals surface area contributed by atoms with Crippen LogP contribution in [-0.4, -0.2) is 35.3 Å². The van der Waals surface area contributed by atoms with Crippen LogP contribution in [0.4, 0.5) is 0 Å². The summed E-state index contributed by atoms with van der Waals surface area (Å²) in [6.45, 7) is 2.65. The largest absolute Gasteiger partial charge is 0.343 e. The molecule has 3 aliphatic carbocycles. The smallest absolute Gasteiger partial charge is 0.245 e. The molecule has 1 N–H and O–H groups in total. The number of nitrogens with zero attached hydrogens (tertiary/aromatic N) is 1. The van der Waals surface area contributed by atoms with Crippen LogP contribution in [0.1, 0.15) is 45.4 Å². The van der Waals surface area contributed by atoms with E-state index in [1.165, 1.54) is 25.7 Å². The fourth-order valence-corrected chi connectivity index (χ4v) is 4.82. The minimum atomic E-state index is -0.337. The van der Waals surface area contributed by atoms with E-state index in [0.717, 1.165) is 31.2 Å². The zero-order chi connectivity index (χ0) is 13.9. The molecule has 4 fully saturated rings. The highest BCUT2D eigenvalue weighted by Crippen LogP contribution is 2.49. The van der Waals surface area contributed by atoms with Crippen molar-refractivity contribution >= 4 is 11.8 Å². The fraction of sp³-hybridized carbons (Fsp3) is 0.875. The molecule has 3 saturated carbocycles. The number of hydrogen-bond acceptors (Lipinski definition) is 2. The monoisotopic (exact) mass is 276 g/mol. The van der Waals surface area contributed by atoms with Gasteiger partial charge in [0.05, 0.1) is 0 Å². The van der Waals surface area contributed by atoms with Crippen molar-refractivity contribution in [3.05, 3.63) is 0 Å². The van der Waals surface area contributed by atoms with E-state index in [1.807, 2.05) is 11.8 Å². The zero-order valence-electron chi connectivity index (χ0n) is 12.2. The van der Waals surface area contributed by atoms with E-state index in [2.05, 4.69) is 5.32 Å². The van der Waals surface area contributed by atoms with E-state index in [1.54, 1.807) is 0 Å². The van der Waals surface area contributed by atoms with Crippen LogP contribution in [0.3, 0.4) is 0 Å². The average molecular weight is 276 g/mol. The molecule has 0 aromatic carbocycles. The van der Waals surface area contributed by atoms with Crippen LogP contribution >= 0.6 is 0 Å². The van der Waals surface area contributed by atoms with Gasteiger partial charge in [0.15, 0.2) is 0 Å². The van der Waals surface area contributed by atoms with Crippen LogP contribution in [0.2, 0.25) is 0 Å². The quantitative estimate of drug-likeness (QED) is 0.850. The molecule has 0 aromatic rings. The summed E-state index contributed by atoms with van der Waals surface area (Å²) in [5.74, 6) is 3.01. The van der Waals surface area contributed by atoms with E-state index >= 15 is 0 Å². The SMILES string of the molecule is CC1NC(=O)C(C2CC2)N(CC2CC3CCC2C3)C1=O. The van der Waals surface area contributed by atoms with Gasteiger partial charge < -0.3 is 10.2 Å². The molecule has 1 heterocycles. The van der Waals surface area contributed by atoms with Gasteiger partial charge in [-0.2, -0.15) is 0 Å². The Kier molecular flexibility index (Phi) is 2.83. The van der Waals surface area contributed by atoms with E-state index < -0.39 is 0 Å². The van der Waals surface area contributed by atoms with Crippen molar-refractivity contribution in [3.63, 3.8) is 0 Å². The maximum atomic E-state index is 12.5. The number of carbonyl (C=O) groups excluding carboxylic acids is 2. The Morgan fingerprint density at radius 3 is 2.45 bits per heavy atom. The molecule has 1 aliphatic heterocycles. The molecule has 4 nitrogen and oxygen atoms in total. The third-order valence-corrected chi connectivity index (χ3v) is 6.00. The molecule has 2 amide bonds. The van der Waals surface area contributed by atoms with Gasteiger partial charge in [-0.25, -0.2) is 0 Å². The molecule has 4 aliphatic rings. The molecule has 5 atom stereocenters. The van der Waals surface area contributed by atoms with Gasteiger partial charge in [0.1, 0.15) is 12.1 Å². The first-order valence-corrected chi connectivity index (χ1v) is 8.24. The summed E-state index contributed by atoms with van der Waals surface area (Å²) < 4.78 is 0. The van der Waals surface area contributed by atoms with Gasteiger partial charge in [-0.3, -0.25) is 9.59 Å². The molecule has 0 radical (unpaired) electrons. The molecular weight excluding hydrogens is 252 g/mol. The maximum absolute atomic E-state index is 12.5. The second kappa shape index (κ2) is 4.47. The molecule has 4 rings (SSSR count). The molecule has 20 heavy (non-hydrogen) atoms. The summed E-state index contributed by atoms with van der Waals surface area (Å²) >= 11 is 0. The van der Waals surface area contributed by atoms with Crippen LogP contribution in [0.15, 0.2) is 0 Å². The normalized spacial score (nSPS) is 44.0. The second-order valence-electron chi connectivity index (χ2n) is 7.44. The molecule has 110 valence electrons. The van der Waals surface area contributed by atoms with E-state index in [4.69, 9.17) is 0 Å². The number of nitrogens with one attached hydrogen (secondary N) is 1. The van der Waals surface area contributed by atoms with Gasteiger partial charge in [-0.05, 0) is 62.7 Å². The summed E-state index contributed by atoms with van der Waals surface area (Å²) in [4.78, 5) is 26.7. The first-order valence-electron chi connectivity index (χ1n) is 8.24. The van der Waals surface area contributed by atoms with Gasteiger partial charge in [0, 0.05) is 6.54 Å². The molecule has 0 spiro atoms. The maximum Gasteiger partial charge on any atom is 0.245 e. The van der Waals surface area contributed by atoms with Gasteiger partial charge in [-0.1, -0.05) is 6.42 Å². The Morgan fingerprint density at radius 1 is 1.10 bits per heavy atom. The Hall–Kier alpha value is -1.06. The Bertz CT molecular complexity index is 446. The summed E-state index contributed by atoms with van der Waals surface area (Å²) in [6, 6.07) is -0.506. The number of piperazine rings is 1. The van der Waals surface area contributed by atoms with Crippen LogP contribution < -0.4 is 5.32 Å². The summed E-state index contributed by atoms with van der Waals surface area (Å²) in [5.41, 5.74) is 0. The Morgan fingerprint density at radius 2 is 1.85 bits per heavy atom. The zero-order valence-corrected chi connectivity index (χ0v) is 12.2. The summed E-state index contributed by atoms with van der Waals surface area (Å²) in [5, 5.41) is 2.86. The Labute approximate surface area is 120 Å². The topological polar surface area (TPSA) is 49.4 Å². The van der Waals surface area contributed by atoms with Gasteiger partial charge in [0.2, 0.25) is 11.8 Å². The van der Waals surface area contributed by atoms with Crippen molar-refractivity contribution in [2.75, 3.05) is 6.54 Å². The molecule has 4 heteroatoms. The van der Waals surface area contributed by atoms with Crippen molar-refractivity contribution in [3.8, 4) is 0 Å². The van der Waals surface area contributed by atoms with Crippen LogP contribution in [-0.2, 0) is 9.59 Å². The highest BCUT2D eigenvalue weighted by Gasteiger charge is 2.49. The van der Waals surface area contributed by atoms with Crippen LogP contribution in [0.5, 0.6) is 0 Å². The minimum Gasteiger partial charge on any atom is -0.343 e. The first-order chi connectivity index (χ1) is 9.63. The number of hydrogen-bond donors (Lipinski definition) is 1. The lowest BCUT2D eigenvalue weighted by molar-refractivity contribution is -0.150. The highest BCUT2D eigenvalue weighted by atomic mass is 16.2. The van der Waals surface area contributed by atoms with Crippen LogP contribution in [0, 0.1) is 23.7 Å². The molecule has 1 saturated heterocycles. The van der Waals surface area contributed by atoms with Crippen molar-refractivity contribution in [2.45, 2.75) is 57.5 Å².